The highest BCUT2D eigenvalue weighted by molar-refractivity contribution is 6.20. The molecular weight excluding hydrogens is 605 g/mol. The molecule has 0 aliphatic heterocycles. The van der Waals surface area contributed by atoms with Crippen LogP contribution in [-0.4, -0.2) is 9.55 Å². The normalized spacial score (nSPS) is 22.3. The molecule has 3 unspecified atom stereocenters. The first-order valence-electron chi connectivity index (χ1n) is 18.3. The van der Waals surface area contributed by atoms with Gasteiger partial charge in [0.05, 0.1) is 11.0 Å². The Labute approximate surface area is 294 Å². The van der Waals surface area contributed by atoms with Crippen LogP contribution in [0.15, 0.2) is 146 Å². The second kappa shape index (κ2) is 11.6. The van der Waals surface area contributed by atoms with Crippen molar-refractivity contribution in [1.29, 1.82) is 0 Å². The second-order valence-corrected chi connectivity index (χ2v) is 14.7. The van der Waals surface area contributed by atoms with E-state index in [-0.39, 0.29) is 5.41 Å². The Hall–Kier alpha value is -5.47. The first-order valence-corrected chi connectivity index (χ1v) is 18.3. The largest absolute Gasteiger partial charge is 0.321 e. The van der Waals surface area contributed by atoms with E-state index in [4.69, 9.17) is 4.98 Å². The van der Waals surface area contributed by atoms with Gasteiger partial charge < -0.3 is 4.57 Å². The molecule has 4 aliphatic carbocycles. The summed E-state index contributed by atoms with van der Waals surface area (Å²) in [5.74, 6) is 1.42. The van der Waals surface area contributed by atoms with Crippen molar-refractivity contribution < 1.29 is 0 Å². The molecule has 1 heterocycles. The van der Waals surface area contributed by atoms with Crippen LogP contribution in [0.2, 0.25) is 0 Å². The number of hydrogen-bond acceptors (Lipinski definition) is 1. The monoisotopic (exact) mass is 644 g/mol. The summed E-state index contributed by atoms with van der Waals surface area (Å²) in [6.45, 7) is 2.37. The van der Waals surface area contributed by atoms with Crippen molar-refractivity contribution >= 4 is 44.2 Å². The van der Waals surface area contributed by atoms with E-state index >= 15 is 0 Å². The van der Waals surface area contributed by atoms with E-state index in [1.807, 2.05) is 0 Å². The van der Waals surface area contributed by atoms with Gasteiger partial charge in [0.2, 0.25) is 0 Å². The third-order valence-electron chi connectivity index (χ3n) is 11.6. The summed E-state index contributed by atoms with van der Waals surface area (Å²) in [6.07, 6.45) is 31.1. The van der Waals surface area contributed by atoms with Crippen molar-refractivity contribution in [2.75, 3.05) is 0 Å². The average Bonchev–Trinajstić information content (AvgIpc) is 3.56. The van der Waals surface area contributed by atoms with Crippen molar-refractivity contribution in [3.8, 4) is 22.5 Å². The lowest BCUT2D eigenvalue weighted by Gasteiger charge is -2.34. The zero-order chi connectivity index (χ0) is 33.2. The number of aromatic nitrogens is 2. The van der Waals surface area contributed by atoms with E-state index < -0.39 is 0 Å². The summed E-state index contributed by atoms with van der Waals surface area (Å²) in [7, 11) is 0. The summed E-state index contributed by atoms with van der Waals surface area (Å²) >= 11 is 0. The van der Waals surface area contributed by atoms with Crippen LogP contribution >= 0.6 is 0 Å². The lowest BCUT2D eigenvalue weighted by molar-refractivity contribution is 0.454. The molecule has 0 saturated carbocycles. The van der Waals surface area contributed by atoms with Gasteiger partial charge in [0.1, 0.15) is 5.82 Å². The summed E-state index contributed by atoms with van der Waals surface area (Å²) in [5, 5.41) is 5.17. The molecule has 1 aromatic heterocycles. The van der Waals surface area contributed by atoms with Crippen LogP contribution in [0.3, 0.4) is 0 Å². The highest BCUT2D eigenvalue weighted by Crippen LogP contribution is 2.48. The molecule has 0 amide bonds. The Balaban J connectivity index is 1.28. The van der Waals surface area contributed by atoms with E-state index in [0.717, 1.165) is 43.4 Å². The number of rotatable bonds is 4. The smallest absolute Gasteiger partial charge is 0.141 e. The second-order valence-electron chi connectivity index (χ2n) is 14.7. The minimum atomic E-state index is -0.0724. The van der Waals surface area contributed by atoms with Gasteiger partial charge in [-0.1, -0.05) is 140 Å². The van der Waals surface area contributed by atoms with E-state index in [9.17, 15) is 0 Å². The van der Waals surface area contributed by atoms with Crippen molar-refractivity contribution in [3.63, 3.8) is 0 Å². The molecule has 0 spiro atoms. The fourth-order valence-electron chi connectivity index (χ4n) is 9.09. The van der Waals surface area contributed by atoms with Gasteiger partial charge in [-0.2, -0.15) is 0 Å². The molecule has 0 fully saturated rings. The van der Waals surface area contributed by atoms with Crippen molar-refractivity contribution in [2.24, 2.45) is 11.3 Å². The Morgan fingerprint density at radius 3 is 2.46 bits per heavy atom. The van der Waals surface area contributed by atoms with Crippen LogP contribution in [-0.2, 0) is 6.42 Å². The third-order valence-corrected chi connectivity index (χ3v) is 11.6. The van der Waals surface area contributed by atoms with Gasteiger partial charge in [-0.15, -0.1) is 0 Å². The van der Waals surface area contributed by atoms with Crippen LogP contribution in [0.25, 0.3) is 66.7 Å². The molecule has 242 valence electrons. The SMILES string of the molecule is CC12C=CC=CC1C=CC(c1c3ccccc3c(-c3ccc4c(c3)CCC=C4)c3ccc(-c4nc5ccccc5n4C4CC=CCC4)cc13)=C2. The molecular formula is C48H40N2. The zero-order valence-electron chi connectivity index (χ0n) is 28.5. The van der Waals surface area contributed by atoms with E-state index in [2.05, 4.69) is 163 Å². The standard InChI is InChI=1S/C48H40N2/c1-48-28-12-11-15-37(48)26-24-36(31-48)46-40-19-8-7-18-39(40)45(34-23-22-32-13-5-6-14-33(32)29-34)41-27-25-35(30-42(41)46)47-49-43-20-9-10-21-44(43)50(47)38-16-3-2-4-17-38/h2-3,5,7-13,15,18-31,37-38H,4,6,14,16-17H2,1H3. The molecule has 0 bridgehead atoms. The van der Waals surface area contributed by atoms with Gasteiger partial charge in [-0.25, -0.2) is 4.98 Å². The summed E-state index contributed by atoms with van der Waals surface area (Å²) < 4.78 is 2.53. The number of imidazole rings is 1. The van der Waals surface area contributed by atoms with E-state index in [1.165, 1.54) is 66.0 Å². The maximum atomic E-state index is 5.35. The van der Waals surface area contributed by atoms with Crippen molar-refractivity contribution in [3.05, 3.63) is 162 Å². The van der Waals surface area contributed by atoms with Gasteiger partial charge in [-0.3, -0.25) is 0 Å². The molecule has 0 radical (unpaired) electrons. The lowest BCUT2D eigenvalue weighted by atomic mass is 9.69. The number of para-hydroxylation sites is 2. The molecule has 0 N–H and O–H groups in total. The predicted octanol–water partition coefficient (Wildman–Crippen LogP) is 12.6. The van der Waals surface area contributed by atoms with Crippen LogP contribution in [0, 0.1) is 11.3 Å². The Morgan fingerprint density at radius 2 is 1.56 bits per heavy atom. The number of allylic oxidation sites excluding steroid dienone is 11. The van der Waals surface area contributed by atoms with Gasteiger partial charge in [0.25, 0.3) is 0 Å². The fraction of sp³-hybridized carbons (Fsp3) is 0.188. The molecule has 10 rings (SSSR count). The first-order chi connectivity index (χ1) is 24.6. The summed E-state index contributed by atoms with van der Waals surface area (Å²) in [4.78, 5) is 5.35. The highest BCUT2D eigenvalue weighted by atomic mass is 15.1. The van der Waals surface area contributed by atoms with Gasteiger partial charge in [0, 0.05) is 22.9 Å². The quantitative estimate of drug-likeness (QED) is 0.138. The summed E-state index contributed by atoms with van der Waals surface area (Å²) in [5.41, 5.74) is 11.4. The van der Waals surface area contributed by atoms with Gasteiger partial charge in [0.15, 0.2) is 0 Å². The number of fused-ring (bicyclic) bond motifs is 5. The molecule has 2 heteroatoms. The molecule has 0 saturated heterocycles. The van der Waals surface area contributed by atoms with Crippen molar-refractivity contribution in [2.45, 2.75) is 45.1 Å². The number of aryl methyl sites for hydroxylation is 1. The Bertz CT molecular complexity index is 2550. The number of hydrogen-bond donors (Lipinski definition) is 0. The fourth-order valence-corrected chi connectivity index (χ4v) is 9.09. The predicted molar refractivity (Wildman–Crippen MR) is 212 cm³/mol. The molecule has 6 aromatic rings. The van der Waals surface area contributed by atoms with Crippen LogP contribution in [0.1, 0.15) is 55.3 Å². The molecule has 5 aromatic carbocycles. The Morgan fingerprint density at radius 1 is 0.720 bits per heavy atom. The third kappa shape index (κ3) is 4.66. The maximum Gasteiger partial charge on any atom is 0.141 e. The average molecular weight is 645 g/mol. The minimum Gasteiger partial charge on any atom is -0.321 e. The van der Waals surface area contributed by atoms with Crippen LogP contribution in [0.4, 0.5) is 0 Å². The summed E-state index contributed by atoms with van der Waals surface area (Å²) in [6, 6.07) is 32.4. The first kappa shape index (κ1) is 29.4. The zero-order valence-corrected chi connectivity index (χ0v) is 28.5. The van der Waals surface area contributed by atoms with E-state index in [1.54, 1.807) is 0 Å². The molecule has 4 aliphatic rings. The van der Waals surface area contributed by atoms with E-state index in [0.29, 0.717) is 12.0 Å². The Kier molecular flexibility index (Phi) is 6.81. The lowest BCUT2D eigenvalue weighted by Crippen LogP contribution is -2.24. The van der Waals surface area contributed by atoms with Gasteiger partial charge >= 0.3 is 0 Å². The minimum absolute atomic E-state index is 0.0724. The molecule has 50 heavy (non-hydrogen) atoms. The molecule has 2 nitrogen and oxygen atoms in total. The topological polar surface area (TPSA) is 17.8 Å². The van der Waals surface area contributed by atoms with Crippen LogP contribution < -0.4 is 0 Å². The van der Waals surface area contributed by atoms with Gasteiger partial charge in [-0.05, 0) is 105 Å². The number of nitrogens with zero attached hydrogens (tertiary/aromatic N) is 2. The number of benzene rings is 5. The molecule has 3 atom stereocenters. The van der Waals surface area contributed by atoms with Crippen LogP contribution in [0.5, 0.6) is 0 Å². The van der Waals surface area contributed by atoms with Crippen molar-refractivity contribution in [1.82, 2.24) is 9.55 Å². The highest BCUT2D eigenvalue weighted by Gasteiger charge is 2.32. The maximum absolute atomic E-state index is 5.35.